The van der Waals surface area contributed by atoms with Crippen molar-refractivity contribution in [3.05, 3.63) is 157 Å². The molecule has 7 aromatic carbocycles. The van der Waals surface area contributed by atoms with E-state index in [9.17, 15) is 5.11 Å². The number of para-hydroxylation sites is 1. The first-order valence-corrected chi connectivity index (χ1v) is 23.8. The molecule has 0 aliphatic carbocycles. The van der Waals surface area contributed by atoms with Crippen molar-refractivity contribution in [2.75, 3.05) is 18.1 Å². The lowest BCUT2D eigenvalue weighted by atomic mass is 9.81. The number of benzene rings is 7. The molecule has 8 rings (SSSR count). The maximum atomic E-state index is 11.6. The molecule has 0 saturated heterocycles. The van der Waals surface area contributed by atoms with E-state index in [-0.39, 0.29) is 11.7 Å². The molecule has 7 aromatic rings. The Morgan fingerprint density at radius 1 is 0.540 bits per heavy atom. The lowest BCUT2D eigenvalue weighted by Crippen LogP contribution is -2.23. The summed E-state index contributed by atoms with van der Waals surface area (Å²) in [7, 11) is 0. The lowest BCUT2D eigenvalue weighted by Gasteiger charge is -2.38. The Bertz CT molecular complexity index is 2560. The van der Waals surface area contributed by atoms with Crippen LogP contribution in [-0.2, 0) is 0 Å². The van der Waals surface area contributed by atoms with Gasteiger partial charge >= 0.3 is 0 Å². The zero-order valence-corrected chi connectivity index (χ0v) is 38.1. The first kappa shape index (κ1) is 43.6. The van der Waals surface area contributed by atoms with Crippen LogP contribution in [0.3, 0.4) is 0 Å². The van der Waals surface area contributed by atoms with Gasteiger partial charge in [0, 0.05) is 22.6 Å². The molecule has 0 aromatic heterocycles. The zero-order valence-electron chi connectivity index (χ0n) is 38.1. The van der Waals surface area contributed by atoms with Crippen LogP contribution in [0.5, 0.6) is 17.2 Å². The minimum atomic E-state index is 0.131. The summed E-state index contributed by atoms with van der Waals surface area (Å²) in [4.78, 5) is 2.43. The zero-order chi connectivity index (χ0) is 43.7. The number of phenols is 1. The number of aromatic hydroxyl groups is 1. The second-order valence-corrected chi connectivity index (χ2v) is 17.5. The van der Waals surface area contributed by atoms with Crippen molar-refractivity contribution in [3.8, 4) is 39.5 Å². The molecule has 324 valence electrons. The van der Waals surface area contributed by atoms with Crippen LogP contribution in [-0.4, -0.2) is 18.3 Å². The third-order valence-electron chi connectivity index (χ3n) is 13.4. The van der Waals surface area contributed by atoms with Gasteiger partial charge in [0.15, 0.2) is 0 Å². The highest BCUT2D eigenvalue weighted by Crippen LogP contribution is 2.53. The highest BCUT2D eigenvalue weighted by atomic mass is 16.5. The van der Waals surface area contributed by atoms with Gasteiger partial charge in [-0.2, -0.15) is 0 Å². The summed E-state index contributed by atoms with van der Waals surface area (Å²) in [5, 5.41) is 16.5. The van der Waals surface area contributed by atoms with Crippen LogP contribution >= 0.6 is 0 Å². The summed E-state index contributed by atoms with van der Waals surface area (Å²) >= 11 is 0. The van der Waals surface area contributed by atoms with Crippen molar-refractivity contribution in [1.82, 2.24) is 0 Å². The third-order valence-corrected chi connectivity index (χ3v) is 13.4. The Kier molecular flexibility index (Phi) is 14.2. The number of allylic oxidation sites excluding steroid dienone is 1. The smallest absolute Gasteiger partial charge is 0.124 e. The number of hydrogen-bond acceptors (Lipinski definition) is 4. The lowest BCUT2D eigenvalue weighted by molar-refractivity contribution is 0.233. The summed E-state index contributed by atoms with van der Waals surface area (Å²) in [6.07, 6.45) is 12.9. The molecule has 0 bridgehead atoms. The van der Waals surface area contributed by atoms with E-state index in [1.54, 1.807) is 6.07 Å². The van der Waals surface area contributed by atoms with Gasteiger partial charge in [0.2, 0.25) is 0 Å². The van der Waals surface area contributed by atoms with E-state index in [2.05, 4.69) is 161 Å². The molecule has 3 unspecified atom stereocenters. The van der Waals surface area contributed by atoms with Crippen molar-refractivity contribution in [2.24, 2.45) is 11.8 Å². The van der Waals surface area contributed by atoms with Crippen LogP contribution in [0.25, 0.3) is 49.5 Å². The Hall–Kier alpha value is -6.00. The van der Waals surface area contributed by atoms with E-state index in [0.717, 1.165) is 88.9 Å². The molecular weight excluding hydrogens is 771 g/mol. The van der Waals surface area contributed by atoms with Crippen molar-refractivity contribution >= 4 is 38.6 Å². The number of ether oxygens (including phenoxy) is 2. The average Bonchev–Trinajstić information content (AvgIpc) is 3.34. The van der Waals surface area contributed by atoms with Crippen molar-refractivity contribution in [2.45, 2.75) is 98.3 Å². The van der Waals surface area contributed by atoms with E-state index in [4.69, 9.17) is 9.47 Å². The minimum absolute atomic E-state index is 0.131. The molecule has 4 nitrogen and oxygen atoms in total. The molecular formula is C59H65NO3. The summed E-state index contributed by atoms with van der Waals surface area (Å²) < 4.78 is 12.8. The average molecular weight is 836 g/mol. The van der Waals surface area contributed by atoms with Crippen LogP contribution in [0, 0.1) is 11.8 Å². The van der Waals surface area contributed by atoms with E-state index in [1.165, 1.54) is 65.6 Å². The minimum Gasteiger partial charge on any atom is -0.507 e. The standard InChI is InChI=1S/C59H65NO3/c1-6-11-19-41(8-3)39-62-49-31-27-44(28-32-49)46-35-47(45-29-33-50(34-30-45)63-40-42(9-4)20-12-7-2)37-48(36-46)60-56(55-25-17-18-26-57(55)61)38-43(10-5)58-53-23-15-13-21-51(53)52-22-14-16-24-54(52)59(58)60/h13-18,21-38,41-43,61H,6-12,19-20,39-40H2,1-5H3. The summed E-state index contributed by atoms with van der Waals surface area (Å²) in [6.45, 7) is 12.8. The molecule has 0 radical (unpaired) electrons. The molecule has 1 heterocycles. The van der Waals surface area contributed by atoms with Gasteiger partial charge in [-0.15, -0.1) is 0 Å². The Balaban J connectivity index is 1.29. The largest absolute Gasteiger partial charge is 0.507 e. The normalized spacial score (nSPS) is 14.7. The summed E-state index contributed by atoms with van der Waals surface area (Å²) in [5.41, 5.74) is 9.72. The number of hydrogen-bond donors (Lipinski definition) is 1. The fraction of sp³-hybridized carbons (Fsp3) is 0.322. The monoisotopic (exact) mass is 835 g/mol. The van der Waals surface area contributed by atoms with Crippen LogP contribution in [0.1, 0.15) is 109 Å². The Morgan fingerprint density at radius 3 is 1.54 bits per heavy atom. The topological polar surface area (TPSA) is 41.9 Å². The molecule has 1 aliphatic heterocycles. The van der Waals surface area contributed by atoms with Crippen LogP contribution in [0.15, 0.2) is 146 Å². The predicted molar refractivity (Wildman–Crippen MR) is 268 cm³/mol. The van der Waals surface area contributed by atoms with E-state index in [0.29, 0.717) is 11.8 Å². The van der Waals surface area contributed by atoms with E-state index < -0.39 is 0 Å². The fourth-order valence-electron chi connectivity index (χ4n) is 9.51. The molecule has 0 saturated carbocycles. The van der Waals surface area contributed by atoms with Crippen LogP contribution < -0.4 is 14.4 Å². The third kappa shape index (κ3) is 9.52. The second kappa shape index (κ2) is 20.5. The number of nitrogens with zero attached hydrogens (tertiary/aromatic N) is 1. The summed E-state index contributed by atoms with van der Waals surface area (Å²) in [5.74, 6) is 3.33. The highest BCUT2D eigenvalue weighted by molar-refractivity contribution is 6.19. The van der Waals surface area contributed by atoms with E-state index in [1.807, 2.05) is 18.2 Å². The second-order valence-electron chi connectivity index (χ2n) is 17.5. The fourth-order valence-corrected chi connectivity index (χ4v) is 9.51. The molecule has 1 aliphatic rings. The van der Waals surface area contributed by atoms with Crippen molar-refractivity contribution in [3.63, 3.8) is 0 Å². The molecule has 1 N–H and O–H groups in total. The van der Waals surface area contributed by atoms with Crippen molar-refractivity contribution in [1.29, 1.82) is 0 Å². The molecule has 0 amide bonds. The predicted octanol–water partition coefficient (Wildman–Crippen LogP) is 16.9. The van der Waals surface area contributed by atoms with Crippen molar-refractivity contribution < 1.29 is 14.6 Å². The Labute approximate surface area is 376 Å². The van der Waals surface area contributed by atoms with Gasteiger partial charge in [0.25, 0.3) is 0 Å². The van der Waals surface area contributed by atoms with Gasteiger partial charge in [0.1, 0.15) is 17.2 Å². The molecule has 0 fully saturated rings. The van der Waals surface area contributed by atoms with Gasteiger partial charge in [-0.3, -0.25) is 0 Å². The molecule has 3 atom stereocenters. The first-order chi connectivity index (χ1) is 30.9. The van der Waals surface area contributed by atoms with Gasteiger partial charge in [-0.1, -0.05) is 164 Å². The number of anilines is 2. The molecule has 0 spiro atoms. The van der Waals surface area contributed by atoms with Gasteiger partial charge in [-0.25, -0.2) is 0 Å². The SMILES string of the molecule is CCCCC(CC)COc1ccc(-c2cc(-c3ccc(OCC(CC)CCCC)cc3)cc(N3C(c4ccccc4O)=CC(CC)c4c3c3ccccc3c3ccccc43)c2)cc1. The summed E-state index contributed by atoms with van der Waals surface area (Å²) in [6, 6.07) is 49.7. The number of unbranched alkanes of at least 4 members (excludes halogenated alkanes) is 2. The van der Waals surface area contributed by atoms with Gasteiger partial charge in [0.05, 0.1) is 24.6 Å². The maximum Gasteiger partial charge on any atom is 0.124 e. The molecule has 4 heteroatoms. The van der Waals surface area contributed by atoms with Gasteiger partial charge < -0.3 is 19.5 Å². The van der Waals surface area contributed by atoms with E-state index >= 15 is 0 Å². The number of fused-ring (bicyclic) bond motifs is 6. The maximum absolute atomic E-state index is 11.6. The Morgan fingerprint density at radius 2 is 1.03 bits per heavy atom. The van der Waals surface area contributed by atoms with Crippen LogP contribution in [0.4, 0.5) is 11.4 Å². The van der Waals surface area contributed by atoms with Gasteiger partial charge in [-0.05, 0) is 130 Å². The number of rotatable bonds is 19. The molecule has 63 heavy (non-hydrogen) atoms. The number of phenolic OH excluding ortho intramolecular Hbond substituents is 1. The highest BCUT2D eigenvalue weighted by Gasteiger charge is 2.33. The van der Waals surface area contributed by atoms with Crippen LogP contribution in [0.2, 0.25) is 0 Å². The first-order valence-electron chi connectivity index (χ1n) is 23.8. The quantitative estimate of drug-likeness (QED) is 0.0824.